The minimum absolute atomic E-state index is 0.0241. The Balaban J connectivity index is 1.55. The third-order valence-corrected chi connectivity index (χ3v) is 6.10. The van der Waals surface area contributed by atoms with Crippen LogP contribution in [0.15, 0.2) is 95.8 Å². The Morgan fingerprint density at radius 2 is 1.64 bits per heavy atom. The predicted molar refractivity (Wildman–Crippen MR) is 140 cm³/mol. The Bertz CT molecular complexity index is 1690. The molecule has 0 bridgehead atoms. The number of hydrogen-bond acceptors (Lipinski definition) is 4. The number of nitrogen functional groups attached to an aromatic ring is 1. The third kappa shape index (κ3) is 4.54. The van der Waals surface area contributed by atoms with Crippen LogP contribution in [0.2, 0.25) is 0 Å². The number of nitrogens with two attached hydrogens (primary N) is 1. The molecule has 0 saturated carbocycles. The first-order valence-electron chi connectivity index (χ1n) is 11.3. The first kappa shape index (κ1) is 22.9. The van der Waals surface area contributed by atoms with Crippen LogP contribution in [0.3, 0.4) is 0 Å². The molecule has 0 radical (unpaired) electrons. The number of carboxylic acids is 1. The molecule has 0 atom stereocenters. The van der Waals surface area contributed by atoms with Gasteiger partial charge in [0.1, 0.15) is 23.8 Å². The number of aromatic nitrogens is 1. The van der Waals surface area contributed by atoms with Gasteiger partial charge in [-0.25, -0.2) is 4.79 Å². The van der Waals surface area contributed by atoms with E-state index in [1.54, 1.807) is 24.3 Å². The largest absolute Gasteiger partial charge is 0.489 e. The summed E-state index contributed by atoms with van der Waals surface area (Å²) in [5.74, 6) is -0.727. The highest BCUT2D eigenvalue weighted by Gasteiger charge is 2.16. The van der Waals surface area contributed by atoms with Gasteiger partial charge in [-0.15, -0.1) is 0 Å². The van der Waals surface area contributed by atoms with Crippen LogP contribution in [0.5, 0.6) is 5.75 Å². The summed E-state index contributed by atoms with van der Waals surface area (Å²) in [5.41, 5.74) is 7.80. The molecule has 178 valence electrons. The maximum Gasteiger partial charge on any atom is 0.341 e. The van der Waals surface area contributed by atoms with Crippen molar-refractivity contribution in [1.29, 1.82) is 5.41 Å². The average molecular weight is 478 g/mol. The van der Waals surface area contributed by atoms with Crippen LogP contribution >= 0.6 is 0 Å². The Morgan fingerprint density at radius 3 is 2.39 bits per heavy atom. The first-order chi connectivity index (χ1) is 17.4. The summed E-state index contributed by atoms with van der Waals surface area (Å²) >= 11 is 0. The summed E-state index contributed by atoms with van der Waals surface area (Å²) in [5, 5.41) is 19.8. The number of benzene rings is 4. The SMILES string of the molecule is N=C(N)c1ccc2ccc(Cn3c(=O)c(C(=O)O)cc4cc(OCc5ccccc5)ccc43)cc2c1. The van der Waals surface area contributed by atoms with Gasteiger partial charge in [0, 0.05) is 10.9 Å². The molecule has 1 heterocycles. The number of pyridine rings is 1. The molecule has 5 rings (SSSR count). The van der Waals surface area contributed by atoms with Gasteiger partial charge in [-0.3, -0.25) is 10.2 Å². The fraction of sp³-hybridized carbons (Fsp3) is 0.0690. The van der Waals surface area contributed by atoms with Crippen LogP contribution < -0.4 is 16.0 Å². The molecule has 0 fully saturated rings. The summed E-state index contributed by atoms with van der Waals surface area (Å²) in [6.07, 6.45) is 0. The second kappa shape index (κ2) is 9.38. The lowest BCUT2D eigenvalue weighted by molar-refractivity contribution is 0.0694. The normalized spacial score (nSPS) is 11.0. The second-order valence-electron chi connectivity index (χ2n) is 8.56. The number of amidine groups is 1. The van der Waals surface area contributed by atoms with E-state index in [1.165, 1.54) is 10.6 Å². The number of rotatable bonds is 7. The van der Waals surface area contributed by atoms with Gasteiger partial charge in [-0.2, -0.15) is 0 Å². The summed E-state index contributed by atoms with van der Waals surface area (Å²) in [4.78, 5) is 25.0. The first-order valence-corrected chi connectivity index (χ1v) is 11.3. The number of aromatic carboxylic acids is 1. The highest BCUT2D eigenvalue weighted by Crippen LogP contribution is 2.24. The number of carboxylic acid groups (broad SMARTS) is 1. The average Bonchev–Trinajstić information content (AvgIpc) is 2.88. The van der Waals surface area contributed by atoms with Crippen molar-refractivity contribution in [1.82, 2.24) is 4.57 Å². The Kier molecular flexibility index (Phi) is 5.96. The molecule has 4 N–H and O–H groups in total. The van der Waals surface area contributed by atoms with Gasteiger partial charge in [-0.1, -0.05) is 54.6 Å². The monoisotopic (exact) mass is 477 g/mol. The van der Waals surface area contributed by atoms with E-state index in [2.05, 4.69) is 0 Å². The number of nitrogens with zero attached hydrogens (tertiary/aromatic N) is 1. The predicted octanol–water partition coefficient (Wildman–Crippen LogP) is 4.76. The Labute approximate surface area is 206 Å². The topological polar surface area (TPSA) is 118 Å². The van der Waals surface area contributed by atoms with Crippen molar-refractivity contribution in [2.75, 3.05) is 0 Å². The molecule has 0 aliphatic rings. The van der Waals surface area contributed by atoms with E-state index in [0.717, 1.165) is 21.9 Å². The number of fused-ring (bicyclic) bond motifs is 2. The number of ether oxygens (including phenoxy) is 1. The van der Waals surface area contributed by atoms with Gasteiger partial charge >= 0.3 is 5.97 Å². The van der Waals surface area contributed by atoms with Crippen molar-refractivity contribution in [3.63, 3.8) is 0 Å². The van der Waals surface area contributed by atoms with E-state index in [0.29, 0.717) is 28.8 Å². The van der Waals surface area contributed by atoms with Gasteiger partial charge in [0.15, 0.2) is 0 Å². The molecule has 0 amide bonds. The smallest absolute Gasteiger partial charge is 0.341 e. The summed E-state index contributed by atoms with van der Waals surface area (Å²) < 4.78 is 7.37. The zero-order valence-electron chi connectivity index (χ0n) is 19.3. The lowest BCUT2D eigenvalue weighted by Crippen LogP contribution is -2.27. The molecule has 0 unspecified atom stereocenters. The molecule has 7 heteroatoms. The van der Waals surface area contributed by atoms with Gasteiger partial charge in [-0.05, 0) is 58.3 Å². The fourth-order valence-corrected chi connectivity index (χ4v) is 4.25. The van der Waals surface area contributed by atoms with Gasteiger partial charge in [0.25, 0.3) is 5.56 Å². The maximum absolute atomic E-state index is 13.1. The lowest BCUT2D eigenvalue weighted by atomic mass is 10.0. The van der Waals surface area contributed by atoms with Crippen molar-refractivity contribution in [2.45, 2.75) is 13.2 Å². The lowest BCUT2D eigenvalue weighted by Gasteiger charge is -2.14. The summed E-state index contributed by atoms with van der Waals surface area (Å²) in [7, 11) is 0. The number of carbonyl (C=O) groups is 1. The second-order valence-corrected chi connectivity index (χ2v) is 8.56. The zero-order chi connectivity index (χ0) is 25.2. The van der Waals surface area contributed by atoms with E-state index in [4.69, 9.17) is 15.9 Å². The molecule has 5 aromatic rings. The Morgan fingerprint density at radius 1 is 0.861 bits per heavy atom. The van der Waals surface area contributed by atoms with Gasteiger partial charge in [0.05, 0.1) is 12.1 Å². The Hall–Kier alpha value is -4.91. The number of hydrogen-bond donors (Lipinski definition) is 3. The van der Waals surface area contributed by atoms with Crippen LogP contribution in [-0.4, -0.2) is 21.5 Å². The quantitative estimate of drug-likeness (QED) is 0.231. The van der Waals surface area contributed by atoms with Gasteiger partial charge in [0.2, 0.25) is 0 Å². The van der Waals surface area contributed by atoms with E-state index >= 15 is 0 Å². The molecule has 1 aromatic heterocycles. The zero-order valence-corrected chi connectivity index (χ0v) is 19.3. The summed E-state index contributed by atoms with van der Waals surface area (Å²) in [6, 6.07) is 27.7. The molecule has 4 aromatic carbocycles. The van der Waals surface area contributed by atoms with Crippen molar-refractivity contribution in [3.8, 4) is 5.75 Å². The van der Waals surface area contributed by atoms with Crippen LogP contribution in [0.4, 0.5) is 0 Å². The molecule has 36 heavy (non-hydrogen) atoms. The highest BCUT2D eigenvalue weighted by molar-refractivity contribution is 5.99. The van der Waals surface area contributed by atoms with Crippen LogP contribution in [0.1, 0.15) is 27.0 Å². The fourth-order valence-electron chi connectivity index (χ4n) is 4.25. The van der Waals surface area contributed by atoms with E-state index in [9.17, 15) is 14.7 Å². The van der Waals surface area contributed by atoms with Gasteiger partial charge < -0.3 is 20.1 Å². The van der Waals surface area contributed by atoms with Crippen LogP contribution in [-0.2, 0) is 13.2 Å². The molecule has 0 aliphatic heterocycles. The van der Waals surface area contributed by atoms with Crippen LogP contribution in [0, 0.1) is 5.41 Å². The van der Waals surface area contributed by atoms with E-state index < -0.39 is 11.5 Å². The maximum atomic E-state index is 13.1. The standard InChI is InChI=1S/C29H23N3O4/c30-27(31)21-9-8-20-7-6-19(12-22(20)13-21)16-32-26-11-10-24(36-17-18-4-2-1-3-5-18)14-23(26)15-25(28(32)33)29(34)35/h1-15H,16-17H2,(H3,30,31)(H,34,35). The summed E-state index contributed by atoms with van der Waals surface area (Å²) in [6.45, 7) is 0.554. The number of nitrogens with one attached hydrogen (secondary N) is 1. The van der Waals surface area contributed by atoms with Crippen molar-refractivity contribution in [2.24, 2.45) is 5.73 Å². The molecule has 7 nitrogen and oxygen atoms in total. The minimum Gasteiger partial charge on any atom is -0.489 e. The van der Waals surface area contributed by atoms with E-state index in [-0.39, 0.29) is 17.9 Å². The van der Waals surface area contributed by atoms with Crippen molar-refractivity contribution >= 4 is 33.5 Å². The third-order valence-electron chi connectivity index (χ3n) is 6.10. The van der Waals surface area contributed by atoms with E-state index in [1.807, 2.05) is 60.7 Å². The molecular formula is C29H23N3O4. The molecule has 0 saturated heterocycles. The molecule has 0 aliphatic carbocycles. The van der Waals surface area contributed by atoms with Crippen molar-refractivity contribution < 1.29 is 14.6 Å². The highest BCUT2D eigenvalue weighted by atomic mass is 16.5. The van der Waals surface area contributed by atoms with Crippen LogP contribution in [0.25, 0.3) is 21.7 Å². The van der Waals surface area contributed by atoms with Crippen molar-refractivity contribution in [3.05, 3.63) is 124 Å². The minimum atomic E-state index is -1.28. The molecular weight excluding hydrogens is 454 g/mol. The molecule has 0 spiro atoms.